The Morgan fingerprint density at radius 3 is 2.77 bits per heavy atom. The smallest absolute Gasteiger partial charge is 0.271 e. The molecule has 5 nitrogen and oxygen atoms in total. The molecule has 0 aliphatic rings. The molecule has 0 saturated carbocycles. The number of hydrazine groups is 1. The SMILES string of the molecule is NNC(=O)COc1ccncc1-c1ccc2ccccc2c1. The van der Waals surface area contributed by atoms with Gasteiger partial charge in [0.2, 0.25) is 0 Å². The fourth-order valence-corrected chi connectivity index (χ4v) is 2.27. The number of hydrogen-bond acceptors (Lipinski definition) is 4. The number of amides is 1. The van der Waals surface area contributed by atoms with Crippen molar-refractivity contribution < 1.29 is 9.53 Å². The molecule has 0 spiro atoms. The van der Waals surface area contributed by atoms with E-state index in [9.17, 15) is 4.79 Å². The third kappa shape index (κ3) is 2.89. The van der Waals surface area contributed by atoms with Crippen LogP contribution in [0.15, 0.2) is 60.9 Å². The second-order valence-electron chi connectivity index (χ2n) is 4.79. The maximum Gasteiger partial charge on any atom is 0.271 e. The molecule has 5 heteroatoms. The van der Waals surface area contributed by atoms with E-state index in [1.807, 2.05) is 29.7 Å². The molecule has 0 radical (unpaired) electrons. The maximum absolute atomic E-state index is 11.2. The van der Waals surface area contributed by atoms with Gasteiger partial charge in [0.15, 0.2) is 6.61 Å². The molecule has 3 aromatic rings. The average molecular weight is 293 g/mol. The first-order valence-electron chi connectivity index (χ1n) is 6.83. The zero-order valence-corrected chi connectivity index (χ0v) is 11.8. The highest BCUT2D eigenvalue weighted by atomic mass is 16.5. The number of benzene rings is 2. The van der Waals surface area contributed by atoms with E-state index >= 15 is 0 Å². The van der Waals surface area contributed by atoms with Crippen LogP contribution < -0.4 is 16.0 Å². The normalized spacial score (nSPS) is 10.4. The van der Waals surface area contributed by atoms with Crippen molar-refractivity contribution in [2.45, 2.75) is 0 Å². The van der Waals surface area contributed by atoms with Gasteiger partial charge in [0.25, 0.3) is 5.91 Å². The van der Waals surface area contributed by atoms with E-state index in [1.165, 1.54) is 5.39 Å². The molecule has 0 unspecified atom stereocenters. The van der Waals surface area contributed by atoms with Crippen LogP contribution in [0.5, 0.6) is 5.75 Å². The zero-order chi connectivity index (χ0) is 15.4. The summed E-state index contributed by atoms with van der Waals surface area (Å²) in [4.78, 5) is 15.4. The van der Waals surface area contributed by atoms with E-state index in [2.05, 4.69) is 23.2 Å². The molecule has 3 N–H and O–H groups in total. The van der Waals surface area contributed by atoms with Crippen LogP contribution in [0.1, 0.15) is 0 Å². The van der Waals surface area contributed by atoms with E-state index in [0.29, 0.717) is 5.75 Å². The van der Waals surface area contributed by atoms with Gasteiger partial charge in [-0.3, -0.25) is 15.2 Å². The minimum atomic E-state index is -0.388. The fourth-order valence-electron chi connectivity index (χ4n) is 2.27. The second-order valence-corrected chi connectivity index (χ2v) is 4.79. The minimum Gasteiger partial charge on any atom is -0.483 e. The quantitative estimate of drug-likeness (QED) is 0.439. The molecule has 2 aromatic carbocycles. The van der Waals surface area contributed by atoms with Gasteiger partial charge < -0.3 is 4.74 Å². The first-order valence-corrected chi connectivity index (χ1v) is 6.83. The molecular weight excluding hydrogens is 278 g/mol. The van der Waals surface area contributed by atoms with Crippen molar-refractivity contribution in [3.8, 4) is 16.9 Å². The van der Waals surface area contributed by atoms with Crippen molar-refractivity contribution in [3.05, 3.63) is 60.9 Å². The molecule has 0 fully saturated rings. The number of nitrogens with one attached hydrogen (secondary N) is 1. The van der Waals surface area contributed by atoms with Crippen LogP contribution in [0.2, 0.25) is 0 Å². The summed E-state index contributed by atoms with van der Waals surface area (Å²) in [6.07, 6.45) is 3.35. The van der Waals surface area contributed by atoms with Gasteiger partial charge in [-0.15, -0.1) is 0 Å². The lowest BCUT2D eigenvalue weighted by atomic mass is 10.0. The largest absolute Gasteiger partial charge is 0.483 e. The number of carbonyl (C=O) groups is 1. The van der Waals surface area contributed by atoms with Gasteiger partial charge in [0.05, 0.1) is 0 Å². The predicted octanol–water partition coefficient (Wildman–Crippen LogP) is 2.27. The zero-order valence-electron chi connectivity index (χ0n) is 11.8. The van der Waals surface area contributed by atoms with E-state index in [1.54, 1.807) is 18.5 Å². The summed E-state index contributed by atoms with van der Waals surface area (Å²) in [6, 6.07) is 16.0. The van der Waals surface area contributed by atoms with Gasteiger partial charge in [-0.1, -0.05) is 36.4 Å². The van der Waals surface area contributed by atoms with Crippen molar-refractivity contribution >= 4 is 16.7 Å². The lowest BCUT2D eigenvalue weighted by Crippen LogP contribution is -2.34. The molecule has 110 valence electrons. The van der Waals surface area contributed by atoms with Crippen LogP contribution in [-0.2, 0) is 4.79 Å². The van der Waals surface area contributed by atoms with Crippen LogP contribution in [0.3, 0.4) is 0 Å². The monoisotopic (exact) mass is 293 g/mol. The van der Waals surface area contributed by atoms with Crippen molar-refractivity contribution in [2.24, 2.45) is 5.84 Å². The molecule has 1 amide bonds. The summed E-state index contributed by atoms with van der Waals surface area (Å²) in [6.45, 7) is -0.138. The van der Waals surface area contributed by atoms with E-state index in [4.69, 9.17) is 10.6 Å². The first kappa shape index (κ1) is 14.0. The number of fused-ring (bicyclic) bond motifs is 1. The number of ether oxygens (including phenoxy) is 1. The van der Waals surface area contributed by atoms with Gasteiger partial charge in [-0.05, 0) is 28.5 Å². The molecule has 0 atom stereocenters. The van der Waals surface area contributed by atoms with Gasteiger partial charge >= 0.3 is 0 Å². The topological polar surface area (TPSA) is 77.2 Å². The van der Waals surface area contributed by atoms with E-state index in [0.717, 1.165) is 16.5 Å². The van der Waals surface area contributed by atoms with Gasteiger partial charge in [0.1, 0.15) is 5.75 Å². The molecule has 1 heterocycles. The minimum absolute atomic E-state index is 0.138. The molecular formula is C17H15N3O2. The van der Waals surface area contributed by atoms with Crippen molar-refractivity contribution in [3.63, 3.8) is 0 Å². The van der Waals surface area contributed by atoms with Crippen LogP contribution in [0, 0.1) is 0 Å². The Morgan fingerprint density at radius 2 is 1.95 bits per heavy atom. The summed E-state index contributed by atoms with van der Waals surface area (Å²) < 4.78 is 5.52. The van der Waals surface area contributed by atoms with Gasteiger partial charge in [-0.2, -0.15) is 0 Å². The van der Waals surface area contributed by atoms with Crippen molar-refractivity contribution in [1.29, 1.82) is 0 Å². The predicted molar refractivity (Wildman–Crippen MR) is 85.0 cm³/mol. The highest BCUT2D eigenvalue weighted by Gasteiger charge is 2.09. The number of nitrogens with two attached hydrogens (primary N) is 1. The summed E-state index contributed by atoms with van der Waals surface area (Å²) >= 11 is 0. The van der Waals surface area contributed by atoms with Crippen LogP contribution >= 0.6 is 0 Å². The Kier molecular flexibility index (Phi) is 3.98. The number of pyridine rings is 1. The van der Waals surface area contributed by atoms with E-state index in [-0.39, 0.29) is 12.5 Å². The Balaban J connectivity index is 1.97. The van der Waals surface area contributed by atoms with E-state index < -0.39 is 0 Å². The first-order chi connectivity index (χ1) is 10.8. The summed E-state index contributed by atoms with van der Waals surface area (Å²) in [5, 5.41) is 2.30. The van der Waals surface area contributed by atoms with Crippen LogP contribution in [0.4, 0.5) is 0 Å². The Hall–Kier alpha value is -2.92. The number of hydrogen-bond donors (Lipinski definition) is 2. The summed E-state index contributed by atoms with van der Waals surface area (Å²) in [5.74, 6) is 5.26. The Morgan fingerprint density at radius 1 is 1.14 bits per heavy atom. The average Bonchev–Trinajstić information content (AvgIpc) is 2.59. The highest BCUT2D eigenvalue weighted by Crippen LogP contribution is 2.31. The van der Waals surface area contributed by atoms with Crippen LogP contribution in [-0.4, -0.2) is 17.5 Å². The molecule has 1 aromatic heterocycles. The maximum atomic E-state index is 11.2. The summed E-state index contributed by atoms with van der Waals surface area (Å²) in [5.41, 5.74) is 3.85. The fraction of sp³-hybridized carbons (Fsp3) is 0.0588. The number of aromatic nitrogens is 1. The number of rotatable bonds is 4. The number of nitrogens with zero attached hydrogens (tertiary/aromatic N) is 1. The molecule has 0 aliphatic heterocycles. The molecule has 0 aliphatic carbocycles. The van der Waals surface area contributed by atoms with Crippen molar-refractivity contribution in [1.82, 2.24) is 10.4 Å². The lowest BCUT2D eigenvalue weighted by molar-refractivity contribution is -0.123. The summed E-state index contributed by atoms with van der Waals surface area (Å²) in [7, 11) is 0. The van der Waals surface area contributed by atoms with Crippen LogP contribution in [0.25, 0.3) is 21.9 Å². The molecule has 22 heavy (non-hydrogen) atoms. The molecule has 0 saturated heterocycles. The van der Waals surface area contributed by atoms with Gasteiger partial charge in [-0.25, -0.2) is 5.84 Å². The van der Waals surface area contributed by atoms with Gasteiger partial charge in [0, 0.05) is 18.0 Å². The Bertz CT molecular complexity index is 818. The molecule has 0 bridgehead atoms. The molecule has 3 rings (SSSR count). The third-order valence-corrected chi connectivity index (χ3v) is 3.36. The highest BCUT2D eigenvalue weighted by molar-refractivity contribution is 5.88. The lowest BCUT2D eigenvalue weighted by Gasteiger charge is -2.11. The Labute approximate surface area is 127 Å². The van der Waals surface area contributed by atoms with Crippen molar-refractivity contribution in [2.75, 3.05) is 6.61 Å². The number of carbonyl (C=O) groups excluding carboxylic acids is 1. The standard InChI is InChI=1S/C17H15N3O2/c18-20-17(21)11-22-16-7-8-19-10-15(16)14-6-5-12-3-1-2-4-13(12)9-14/h1-10H,11,18H2,(H,20,21). The third-order valence-electron chi connectivity index (χ3n) is 3.36. The second kappa shape index (κ2) is 6.24.